The third-order valence-electron chi connectivity index (χ3n) is 5.71. The number of nitrogens with two attached hydrogens (primary N) is 1. The average molecular weight is 337 g/mol. The molecule has 1 rings (SSSR count). The summed E-state index contributed by atoms with van der Waals surface area (Å²) in [4.78, 5) is 4.22. The fourth-order valence-electron chi connectivity index (χ4n) is 3.95. The molecule has 4 heteroatoms. The summed E-state index contributed by atoms with van der Waals surface area (Å²) in [6, 6.07) is 0. The minimum atomic E-state index is -0.0701. The molecular weight excluding hydrogens is 296 g/mol. The predicted molar refractivity (Wildman–Crippen MR) is 103 cm³/mol. The van der Waals surface area contributed by atoms with E-state index in [1.54, 1.807) is 6.33 Å². The van der Waals surface area contributed by atoms with E-state index in [0.29, 0.717) is 6.54 Å². The largest absolute Gasteiger partial charge is 0.328 e. The lowest BCUT2D eigenvalue weighted by Gasteiger charge is -2.38. The molecule has 24 heavy (non-hydrogen) atoms. The molecule has 0 aliphatic rings. The molecule has 0 aliphatic heterocycles. The van der Waals surface area contributed by atoms with E-state index in [2.05, 4.69) is 42.5 Å². The van der Waals surface area contributed by atoms with Crippen molar-refractivity contribution >= 4 is 0 Å². The van der Waals surface area contributed by atoms with E-state index in [1.165, 1.54) is 51.4 Å². The van der Waals surface area contributed by atoms with E-state index in [-0.39, 0.29) is 5.54 Å². The molecule has 0 amide bonds. The Morgan fingerprint density at radius 3 is 1.83 bits per heavy atom. The van der Waals surface area contributed by atoms with E-state index >= 15 is 0 Å². The maximum absolute atomic E-state index is 6.37. The van der Waals surface area contributed by atoms with Crippen LogP contribution in [0.3, 0.4) is 0 Å². The van der Waals surface area contributed by atoms with Crippen LogP contribution in [0.2, 0.25) is 0 Å². The highest BCUT2D eigenvalue weighted by atomic mass is 15.4. The van der Waals surface area contributed by atoms with Crippen LogP contribution in [0.15, 0.2) is 12.7 Å². The summed E-state index contributed by atoms with van der Waals surface area (Å²) in [6.07, 6.45) is 16.0. The molecule has 0 radical (unpaired) electrons. The first kappa shape index (κ1) is 21.1. The summed E-state index contributed by atoms with van der Waals surface area (Å²) >= 11 is 0. The number of unbranched alkanes of at least 4 members (excludes halogenated alkanes) is 2. The Labute approximate surface area is 149 Å². The molecule has 0 saturated carbocycles. The first-order chi connectivity index (χ1) is 11.7. The predicted octanol–water partition coefficient (Wildman–Crippen LogP) is 5.15. The molecule has 1 aromatic heterocycles. The van der Waals surface area contributed by atoms with Gasteiger partial charge >= 0.3 is 0 Å². The van der Waals surface area contributed by atoms with Gasteiger partial charge in [-0.2, -0.15) is 5.10 Å². The summed E-state index contributed by atoms with van der Waals surface area (Å²) in [5.41, 5.74) is 6.30. The van der Waals surface area contributed by atoms with Gasteiger partial charge in [0.15, 0.2) is 0 Å². The van der Waals surface area contributed by atoms with Gasteiger partial charge in [0.2, 0.25) is 0 Å². The fraction of sp³-hybridized carbons (Fsp3) is 0.900. The van der Waals surface area contributed by atoms with Crippen LogP contribution in [0.4, 0.5) is 0 Å². The topological polar surface area (TPSA) is 56.7 Å². The van der Waals surface area contributed by atoms with Gasteiger partial charge in [0.25, 0.3) is 0 Å². The van der Waals surface area contributed by atoms with Gasteiger partial charge in [0, 0.05) is 6.54 Å². The molecule has 0 bridgehead atoms. The smallest absolute Gasteiger partial charge is 0.137 e. The average Bonchev–Trinajstić information content (AvgIpc) is 3.16. The van der Waals surface area contributed by atoms with Crippen LogP contribution in [-0.4, -0.2) is 21.3 Å². The molecule has 2 N–H and O–H groups in total. The van der Waals surface area contributed by atoms with Gasteiger partial charge in [-0.25, -0.2) is 9.67 Å². The van der Waals surface area contributed by atoms with Crippen molar-refractivity contribution in [1.82, 2.24) is 14.8 Å². The monoisotopic (exact) mass is 336 g/mol. The van der Waals surface area contributed by atoms with Crippen LogP contribution in [-0.2, 0) is 5.54 Å². The van der Waals surface area contributed by atoms with Gasteiger partial charge < -0.3 is 5.73 Å². The molecule has 0 fully saturated rings. The number of nitrogens with zero attached hydrogens (tertiary/aromatic N) is 3. The molecule has 1 heterocycles. The maximum Gasteiger partial charge on any atom is 0.137 e. The van der Waals surface area contributed by atoms with Gasteiger partial charge in [0.1, 0.15) is 12.7 Å². The normalized spacial score (nSPS) is 16.7. The van der Waals surface area contributed by atoms with Crippen LogP contribution in [0, 0.1) is 11.8 Å². The number of aromatic nitrogens is 3. The van der Waals surface area contributed by atoms with Crippen molar-refractivity contribution < 1.29 is 0 Å². The van der Waals surface area contributed by atoms with Crippen LogP contribution in [0.25, 0.3) is 0 Å². The third kappa shape index (κ3) is 6.19. The quantitative estimate of drug-likeness (QED) is 0.511. The van der Waals surface area contributed by atoms with E-state index in [4.69, 9.17) is 5.73 Å². The van der Waals surface area contributed by atoms with Gasteiger partial charge in [0.05, 0.1) is 5.54 Å². The summed E-state index contributed by atoms with van der Waals surface area (Å²) in [6.45, 7) is 9.84. The molecule has 2 unspecified atom stereocenters. The minimum Gasteiger partial charge on any atom is -0.328 e. The second-order valence-electron chi connectivity index (χ2n) is 7.51. The molecule has 0 spiro atoms. The summed E-state index contributed by atoms with van der Waals surface area (Å²) in [5.74, 6) is 1.45. The number of hydrogen-bond donors (Lipinski definition) is 1. The maximum atomic E-state index is 6.37. The van der Waals surface area contributed by atoms with Gasteiger partial charge in [-0.3, -0.25) is 0 Å². The van der Waals surface area contributed by atoms with Crippen LogP contribution in [0.5, 0.6) is 0 Å². The Kier molecular flexibility index (Phi) is 10.2. The molecule has 1 aromatic rings. The van der Waals surface area contributed by atoms with Crippen molar-refractivity contribution in [2.24, 2.45) is 17.6 Å². The second kappa shape index (κ2) is 11.6. The first-order valence-corrected chi connectivity index (χ1v) is 10.2. The Hall–Kier alpha value is -0.900. The molecule has 0 aromatic carbocycles. The summed E-state index contributed by atoms with van der Waals surface area (Å²) < 4.78 is 2.08. The zero-order chi connectivity index (χ0) is 17.8. The highest BCUT2D eigenvalue weighted by Gasteiger charge is 2.36. The highest BCUT2D eigenvalue weighted by Crippen LogP contribution is 2.36. The Morgan fingerprint density at radius 2 is 1.50 bits per heavy atom. The summed E-state index contributed by atoms with van der Waals surface area (Å²) in [7, 11) is 0. The lowest BCUT2D eigenvalue weighted by atomic mass is 9.76. The van der Waals surface area contributed by atoms with Crippen molar-refractivity contribution in [2.45, 2.75) is 97.4 Å². The number of hydrogen-bond acceptors (Lipinski definition) is 3. The Morgan fingerprint density at radius 1 is 0.958 bits per heavy atom. The van der Waals surface area contributed by atoms with E-state index < -0.39 is 0 Å². The van der Waals surface area contributed by atoms with Crippen LogP contribution >= 0.6 is 0 Å². The van der Waals surface area contributed by atoms with E-state index in [0.717, 1.165) is 24.7 Å². The zero-order valence-corrected chi connectivity index (χ0v) is 16.5. The standard InChI is InChI=1S/C20H40N4/c1-5-9-11-18(7-3)13-20(15-21,24-17-22-16-23-24)14-19(8-4)12-10-6-2/h16-19H,5-15,21H2,1-4H3. The van der Waals surface area contributed by atoms with Crippen molar-refractivity contribution in [3.63, 3.8) is 0 Å². The van der Waals surface area contributed by atoms with Crippen molar-refractivity contribution in [3.8, 4) is 0 Å². The van der Waals surface area contributed by atoms with Gasteiger partial charge in [-0.05, 0) is 24.7 Å². The SMILES string of the molecule is CCCCC(CC)CC(CN)(CC(CC)CCCC)n1cncn1. The van der Waals surface area contributed by atoms with Crippen LogP contribution < -0.4 is 5.73 Å². The molecule has 140 valence electrons. The lowest BCUT2D eigenvalue weighted by molar-refractivity contribution is 0.143. The van der Waals surface area contributed by atoms with E-state index in [9.17, 15) is 0 Å². The Bertz CT molecular complexity index is 384. The van der Waals surface area contributed by atoms with Crippen LogP contribution in [0.1, 0.15) is 91.9 Å². The number of rotatable bonds is 14. The fourth-order valence-corrected chi connectivity index (χ4v) is 3.95. The first-order valence-electron chi connectivity index (χ1n) is 10.2. The summed E-state index contributed by atoms with van der Waals surface area (Å²) in [5, 5.41) is 4.52. The molecule has 0 aliphatic carbocycles. The van der Waals surface area contributed by atoms with Crippen molar-refractivity contribution in [3.05, 3.63) is 12.7 Å². The van der Waals surface area contributed by atoms with E-state index in [1.807, 2.05) is 6.33 Å². The minimum absolute atomic E-state index is 0.0701. The van der Waals surface area contributed by atoms with Gasteiger partial charge in [-0.1, -0.05) is 79.1 Å². The molecule has 2 atom stereocenters. The van der Waals surface area contributed by atoms with Crippen molar-refractivity contribution in [2.75, 3.05) is 6.54 Å². The molecule has 0 saturated heterocycles. The van der Waals surface area contributed by atoms with Crippen molar-refractivity contribution in [1.29, 1.82) is 0 Å². The molecular formula is C20H40N4. The lowest BCUT2D eigenvalue weighted by Crippen LogP contribution is -2.45. The van der Waals surface area contributed by atoms with Gasteiger partial charge in [-0.15, -0.1) is 0 Å². The Balaban J connectivity index is 2.97. The highest BCUT2D eigenvalue weighted by molar-refractivity contribution is 4.91. The molecule has 4 nitrogen and oxygen atoms in total. The zero-order valence-electron chi connectivity index (χ0n) is 16.5. The third-order valence-corrected chi connectivity index (χ3v) is 5.71. The second-order valence-corrected chi connectivity index (χ2v) is 7.51.